The third-order valence-electron chi connectivity index (χ3n) is 3.57. The van der Waals surface area contributed by atoms with Crippen molar-refractivity contribution in [2.45, 2.75) is 20.1 Å². The molecule has 3 rings (SSSR count). The first-order chi connectivity index (χ1) is 13.1. The number of aromatic nitrogens is 4. The molecule has 27 heavy (non-hydrogen) atoms. The molecule has 0 unspecified atom stereocenters. The highest BCUT2D eigenvalue weighted by Crippen LogP contribution is 2.37. The van der Waals surface area contributed by atoms with Crippen LogP contribution < -0.4 is 20.6 Å². The van der Waals surface area contributed by atoms with Gasteiger partial charge in [-0.3, -0.25) is 0 Å². The minimum absolute atomic E-state index is 0.160. The number of tetrazole rings is 1. The molecule has 3 aromatic rings. The van der Waals surface area contributed by atoms with Crippen molar-refractivity contribution in [3.63, 3.8) is 0 Å². The molecule has 0 aliphatic rings. The summed E-state index contributed by atoms with van der Waals surface area (Å²) in [6.45, 7) is 3.07. The number of rotatable bonds is 8. The summed E-state index contributed by atoms with van der Waals surface area (Å²) in [6, 6.07) is 11.1. The Morgan fingerprint density at radius 1 is 1.15 bits per heavy atom. The predicted octanol–water partition coefficient (Wildman–Crippen LogP) is 3.28. The zero-order valence-electron chi connectivity index (χ0n) is 14.5. The van der Waals surface area contributed by atoms with E-state index in [4.69, 9.17) is 38.4 Å². The Balaban J connectivity index is 1.76. The molecule has 142 valence electrons. The summed E-state index contributed by atoms with van der Waals surface area (Å²) in [6.07, 6.45) is 0. The van der Waals surface area contributed by atoms with Crippen molar-refractivity contribution >= 4 is 29.2 Å². The molecule has 0 aliphatic heterocycles. The summed E-state index contributed by atoms with van der Waals surface area (Å²) in [7, 11) is 0. The normalized spacial score (nSPS) is 10.6. The third kappa shape index (κ3) is 4.93. The van der Waals surface area contributed by atoms with Crippen molar-refractivity contribution in [2.75, 3.05) is 17.8 Å². The highest BCUT2D eigenvalue weighted by molar-refractivity contribution is 6.32. The van der Waals surface area contributed by atoms with Crippen LogP contribution in [0.2, 0.25) is 10.0 Å². The van der Waals surface area contributed by atoms with Gasteiger partial charge in [0.15, 0.2) is 11.5 Å². The summed E-state index contributed by atoms with van der Waals surface area (Å²) in [5.74, 6) is 1.19. The van der Waals surface area contributed by atoms with Crippen molar-refractivity contribution in [3.8, 4) is 11.5 Å². The van der Waals surface area contributed by atoms with Gasteiger partial charge < -0.3 is 20.6 Å². The van der Waals surface area contributed by atoms with E-state index in [9.17, 15) is 0 Å². The molecule has 8 nitrogen and oxygen atoms in total. The highest BCUT2D eigenvalue weighted by Gasteiger charge is 2.13. The van der Waals surface area contributed by atoms with Crippen LogP contribution in [0.1, 0.15) is 18.1 Å². The van der Waals surface area contributed by atoms with Gasteiger partial charge in [0.1, 0.15) is 6.61 Å². The number of hydrogen-bond donors (Lipinski definition) is 2. The number of nitrogen functional groups attached to an aromatic ring is 1. The molecule has 0 bridgehead atoms. The fraction of sp³-hybridized carbons (Fsp3) is 0.235. The van der Waals surface area contributed by atoms with Crippen molar-refractivity contribution < 1.29 is 9.47 Å². The fourth-order valence-corrected chi connectivity index (χ4v) is 2.88. The van der Waals surface area contributed by atoms with Gasteiger partial charge in [-0.1, -0.05) is 40.4 Å². The minimum atomic E-state index is 0.160. The van der Waals surface area contributed by atoms with Crippen LogP contribution in [0, 0.1) is 0 Å². The predicted molar refractivity (Wildman–Crippen MR) is 104 cm³/mol. The van der Waals surface area contributed by atoms with Gasteiger partial charge in [0.25, 0.3) is 5.95 Å². The van der Waals surface area contributed by atoms with E-state index in [1.807, 2.05) is 37.3 Å². The van der Waals surface area contributed by atoms with Crippen molar-refractivity contribution in [1.82, 2.24) is 20.3 Å². The van der Waals surface area contributed by atoms with Crippen molar-refractivity contribution in [2.24, 2.45) is 0 Å². The summed E-state index contributed by atoms with van der Waals surface area (Å²) in [4.78, 5) is 1.28. The van der Waals surface area contributed by atoms with Crippen LogP contribution in [-0.2, 0) is 13.2 Å². The van der Waals surface area contributed by atoms with Gasteiger partial charge in [-0.25, -0.2) is 0 Å². The minimum Gasteiger partial charge on any atom is -0.490 e. The molecule has 0 saturated heterocycles. The number of nitrogens with zero attached hydrogens (tertiary/aromatic N) is 4. The summed E-state index contributed by atoms with van der Waals surface area (Å²) in [5.41, 5.74) is 10.4. The molecule has 10 heteroatoms. The lowest BCUT2D eigenvalue weighted by Gasteiger charge is -2.16. The van der Waals surface area contributed by atoms with E-state index in [0.29, 0.717) is 41.3 Å². The Bertz CT molecular complexity index is 918. The van der Waals surface area contributed by atoms with Crippen LogP contribution in [0.25, 0.3) is 0 Å². The summed E-state index contributed by atoms with van der Waals surface area (Å²) in [5, 5.41) is 11.9. The maximum absolute atomic E-state index is 6.43. The number of anilines is 1. The lowest BCUT2D eigenvalue weighted by Crippen LogP contribution is -2.18. The average Bonchev–Trinajstić information content (AvgIpc) is 3.04. The molecule has 0 amide bonds. The van der Waals surface area contributed by atoms with Crippen LogP contribution in [0.15, 0.2) is 36.4 Å². The quantitative estimate of drug-likeness (QED) is 0.589. The molecular weight excluding hydrogens is 391 g/mol. The SMILES string of the molecule is CCOc1cc(CNn2nnnc2N)cc(Cl)c1OCc1cccc(Cl)c1. The van der Waals surface area contributed by atoms with E-state index in [0.717, 1.165) is 11.1 Å². The van der Waals surface area contributed by atoms with Crippen LogP contribution in [0.5, 0.6) is 11.5 Å². The molecule has 3 N–H and O–H groups in total. The molecule has 0 radical (unpaired) electrons. The molecular formula is C17H18Cl2N6O2. The zero-order chi connectivity index (χ0) is 19.2. The first kappa shape index (κ1) is 19.1. The lowest BCUT2D eigenvalue weighted by molar-refractivity contribution is 0.269. The number of benzene rings is 2. The maximum atomic E-state index is 6.43. The first-order valence-corrected chi connectivity index (χ1v) is 8.92. The maximum Gasteiger partial charge on any atom is 0.260 e. The van der Waals surface area contributed by atoms with Crippen LogP contribution in [-0.4, -0.2) is 26.9 Å². The third-order valence-corrected chi connectivity index (χ3v) is 4.08. The van der Waals surface area contributed by atoms with E-state index in [-0.39, 0.29) is 5.95 Å². The Kier molecular flexibility index (Phi) is 6.20. The Morgan fingerprint density at radius 2 is 2.00 bits per heavy atom. The van der Waals surface area contributed by atoms with Crippen LogP contribution in [0.4, 0.5) is 5.95 Å². The van der Waals surface area contributed by atoms with E-state index in [1.54, 1.807) is 6.07 Å². The molecule has 0 saturated carbocycles. The molecule has 2 aromatic carbocycles. The monoisotopic (exact) mass is 408 g/mol. The largest absolute Gasteiger partial charge is 0.490 e. The smallest absolute Gasteiger partial charge is 0.260 e. The van der Waals surface area contributed by atoms with Gasteiger partial charge in [-0.2, -0.15) is 0 Å². The molecule has 0 aliphatic carbocycles. The van der Waals surface area contributed by atoms with Crippen LogP contribution in [0.3, 0.4) is 0 Å². The Labute approximate surface area is 166 Å². The number of ether oxygens (including phenoxy) is 2. The molecule has 1 aromatic heterocycles. The Hall–Kier alpha value is -2.71. The van der Waals surface area contributed by atoms with Gasteiger partial charge in [0.05, 0.1) is 18.2 Å². The number of halogens is 2. The fourth-order valence-electron chi connectivity index (χ4n) is 2.38. The second kappa shape index (κ2) is 8.79. The van der Waals surface area contributed by atoms with E-state index in [1.165, 1.54) is 4.79 Å². The lowest BCUT2D eigenvalue weighted by atomic mass is 10.2. The van der Waals surface area contributed by atoms with Crippen molar-refractivity contribution in [1.29, 1.82) is 0 Å². The Morgan fingerprint density at radius 3 is 2.70 bits per heavy atom. The summed E-state index contributed by atoms with van der Waals surface area (Å²) >= 11 is 12.4. The second-order valence-corrected chi connectivity index (χ2v) is 6.38. The standard InChI is InChI=1S/C17H18Cl2N6O2/c1-2-26-15-8-12(9-21-25-17(20)22-23-24-25)7-14(19)16(15)27-10-11-4-3-5-13(18)6-11/h3-8,21H,2,9-10H2,1H3,(H2,20,22,24). The topological polar surface area (TPSA) is 100 Å². The number of nitrogens with one attached hydrogen (secondary N) is 1. The first-order valence-electron chi connectivity index (χ1n) is 8.17. The average molecular weight is 409 g/mol. The highest BCUT2D eigenvalue weighted by atomic mass is 35.5. The van der Waals surface area contributed by atoms with E-state index < -0.39 is 0 Å². The van der Waals surface area contributed by atoms with Gasteiger partial charge in [0.2, 0.25) is 0 Å². The number of hydrogen-bond acceptors (Lipinski definition) is 7. The van der Waals surface area contributed by atoms with Gasteiger partial charge in [-0.15, -0.1) is 4.79 Å². The summed E-state index contributed by atoms with van der Waals surface area (Å²) < 4.78 is 11.6. The van der Waals surface area contributed by atoms with Crippen LogP contribution >= 0.6 is 23.2 Å². The van der Waals surface area contributed by atoms with Gasteiger partial charge >= 0.3 is 0 Å². The van der Waals surface area contributed by atoms with E-state index >= 15 is 0 Å². The van der Waals surface area contributed by atoms with Gasteiger partial charge in [0, 0.05) is 5.02 Å². The molecule has 1 heterocycles. The zero-order valence-corrected chi connectivity index (χ0v) is 16.0. The molecule has 0 spiro atoms. The van der Waals surface area contributed by atoms with Gasteiger partial charge in [-0.05, 0) is 52.7 Å². The van der Waals surface area contributed by atoms with Crippen molar-refractivity contribution in [3.05, 3.63) is 57.6 Å². The molecule has 0 atom stereocenters. The number of nitrogens with two attached hydrogens (primary N) is 1. The van der Waals surface area contributed by atoms with E-state index in [2.05, 4.69) is 21.0 Å². The second-order valence-electron chi connectivity index (χ2n) is 5.54. The molecule has 0 fully saturated rings.